The van der Waals surface area contributed by atoms with Crippen LogP contribution < -0.4 is 0 Å². The van der Waals surface area contributed by atoms with Crippen LogP contribution >= 0.6 is 0 Å². The summed E-state index contributed by atoms with van der Waals surface area (Å²) in [5, 5.41) is 2.22. The first kappa shape index (κ1) is 20.5. The predicted molar refractivity (Wildman–Crippen MR) is 203 cm³/mol. The fourth-order valence-corrected chi connectivity index (χ4v) is 6.66. The molecular formula is C45H28N4O. The Bertz CT molecular complexity index is 3370. The lowest BCUT2D eigenvalue weighted by Gasteiger charge is -2.13. The van der Waals surface area contributed by atoms with Crippen molar-refractivity contribution in [3.8, 4) is 51.0 Å². The van der Waals surface area contributed by atoms with Gasteiger partial charge in [0.2, 0.25) is 5.95 Å². The molecule has 0 bridgehead atoms. The second-order valence-corrected chi connectivity index (χ2v) is 11.8. The Kier molecular flexibility index (Phi) is 4.67. The zero-order chi connectivity index (χ0) is 40.9. The molecule has 0 aliphatic heterocycles. The Labute approximate surface area is 300 Å². The van der Waals surface area contributed by atoms with E-state index in [1.165, 1.54) is 4.57 Å². The van der Waals surface area contributed by atoms with Crippen molar-refractivity contribution in [1.29, 1.82) is 0 Å². The van der Waals surface area contributed by atoms with Crippen molar-refractivity contribution in [3.05, 3.63) is 170 Å². The smallest absolute Gasteiger partial charge is 0.238 e. The van der Waals surface area contributed by atoms with Gasteiger partial charge in [-0.15, -0.1) is 0 Å². The van der Waals surface area contributed by atoms with E-state index in [1.807, 2.05) is 97.1 Å². The van der Waals surface area contributed by atoms with Gasteiger partial charge in [0, 0.05) is 32.7 Å². The predicted octanol–water partition coefficient (Wildman–Crippen LogP) is 11.5. The molecule has 234 valence electrons. The summed E-state index contributed by atoms with van der Waals surface area (Å²) in [5.41, 5.74) is 4.56. The van der Waals surface area contributed by atoms with Crippen molar-refractivity contribution in [2.24, 2.45) is 0 Å². The fraction of sp³-hybridized carbons (Fsp3) is 0. The van der Waals surface area contributed by atoms with E-state index in [4.69, 9.17) is 30.3 Å². The van der Waals surface area contributed by atoms with Gasteiger partial charge in [-0.25, -0.2) is 4.98 Å². The highest BCUT2D eigenvalue weighted by atomic mass is 16.3. The molecule has 0 amide bonds. The third kappa shape index (κ3) is 4.52. The molecule has 5 nitrogen and oxygen atoms in total. The Balaban J connectivity index is 1.37. The molecule has 7 aromatic carbocycles. The van der Waals surface area contributed by atoms with Gasteiger partial charge >= 0.3 is 0 Å². The van der Waals surface area contributed by atoms with Crippen LogP contribution in [0.15, 0.2) is 174 Å². The minimum Gasteiger partial charge on any atom is -0.455 e. The summed E-state index contributed by atoms with van der Waals surface area (Å²) in [5.74, 6) is 0.413. The summed E-state index contributed by atoms with van der Waals surface area (Å²) in [6, 6.07) is 31.6. The molecule has 3 aromatic heterocycles. The van der Waals surface area contributed by atoms with Crippen LogP contribution in [-0.4, -0.2) is 19.5 Å². The summed E-state index contributed by atoms with van der Waals surface area (Å²) in [6.45, 7) is 0. The van der Waals surface area contributed by atoms with Gasteiger partial charge in [-0.3, -0.25) is 4.57 Å². The molecule has 0 saturated heterocycles. The number of hydrogen-bond acceptors (Lipinski definition) is 4. The highest BCUT2D eigenvalue weighted by Gasteiger charge is 2.22. The van der Waals surface area contributed by atoms with Crippen LogP contribution in [-0.2, 0) is 0 Å². The van der Waals surface area contributed by atoms with Crippen LogP contribution in [0, 0.1) is 0 Å². The van der Waals surface area contributed by atoms with E-state index in [1.54, 1.807) is 18.2 Å². The number of furan rings is 1. The zero-order valence-corrected chi connectivity index (χ0v) is 26.2. The molecule has 3 heterocycles. The quantitative estimate of drug-likeness (QED) is 0.186. The van der Waals surface area contributed by atoms with Crippen LogP contribution in [0.4, 0.5) is 0 Å². The maximum atomic E-state index is 9.28. The molecule has 0 aliphatic rings. The minimum absolute atomic E-state index is 0.0342. The average Bonchev–Trinajstić information content (AvgIpc) is 3.83. The van der Waals surface area contributed by atoms with Gasteiger partial charge in [0.15, 0.2) is 11.6 Å². The van der Waals surface area contributed by atoms with E-state index >= 15 is 0 Å². The lowest BCUT2D eigenvalue weighted by Crippen LogP contribution is -2.07. The normalized spacial score (nSPS) is 14.1. The molecule has 0 N–H and O–H groups in total. The molecule has 0 aliphatic carbocycles. The van der Waals surface area contributed by atoms with E-state index in [9.17, 15) is 1.37 Å². The first-order valence-corrected chi connectivity index (χ1v) is 16.0. The Morgan fingerprint density at radius 3 is 2.06 bits per heavy atom. The lowest BCUT2D eigenvalue weighted by molar-refractivity contribution is 0.669. The number of nitrogens with zero attached hydrogens (tertiary/aromatic N) is 4. The van der Waals surface area contributed by atoms with Gasteiger partial charge in [-0.2, -0.15) is 9.97 Å². The van der Waals surface area contributed by atoms with Crippen LogP contribution in [0.25, 0.3) is 94.7 Å². The average molecular weight is 650 g/mol. The first-order valence-electron chi connectivity index (χ1n) is 20.5. The van der Waals surface area contributed by atoms with Crippen LogP contribution in [0.1, 0.15) is 12.3 Å². The maximum absolute atomic E-state index is 9.28. The van der Waals surface area contributed by atoms with Crippen molar-refractivity contribution >= 4 is 43.7 Å². The summed E-state index contributed by atoms with van der Waals surface area (Å²) < 4.78 is 86.9. The van der Waals surface area contributed by atoms with Gasteiger partial charge in [0.05, 0.1) is 28.9 Å². The lowest BCUT2D eigenvalue weighted by atomic mass is 10.0. The number of para-hydroxylation sites is 4. The monoisotopic (exact) mass is 649 g/mol. The van der Waals surface area contributed by atoms with Crippen molar-refractivity contribution in [2.45, 2.75) is 0 Å². The number of rotatable bonds is 5. The molecule has 0 fully saturated rings. The SMILES string of the molecule is [2H]c1c([2H])c([2H])c(-c2cccc3c4c([2H])c([2H])c([2H])c([2H])c4n(-c4nc(-c5cccc(-c6ccccc6)c5)nc(-c5cccc6c5oc5ccccc56)n4)c23)c([2H])c1[2H]. The molecule has 0 unspecified atom stereocenters. The maximum Gasteiger partial charge on any atom is 0.238 e. The summed E-state index contributed by atoms with van der Waals surface area (Å²) in [7, 11) is 0. The summed E-state index contributed by atoms with van der Waals surface area (Å²) >= 11 is 0. The third-order valence-corrected chi connectivity index (χ3v) is 8.89. The second kappa shape index (κ2) is 11.4. The van der Waals surface area contributed by atoms with Crippen LogP contribution in [0.2, 0.25) is 0 Å². The fourth-order valence-electron chi connectivity index (χ4n) is 6.66. The van der Waals surface area contributed by atoms with Crippen molar-refractivity contribution < 1.29 is 16.8 Å². The largest absolute Gasteiger partial charge is 0.455 e. The topological polar surface area (TPSA) is 56.7 Å². The van der Waals surface area contributed by atoms with Gasteiger partial charge < -0.3 is 4.42 Å². The van der Waals surface area contributed by atoms with E-state index in [0.717, 1.165) is 21.9 Å². The number of benzene rings is 7. The van der Waals surface area contributed by atoms with Gasteiger partial charge in [0.25, 0.3) is 0 Å². The van der Waals surface area contributed by atoms with Crippen molar-refractivity contribution in [1.82, 2.24) is 19.5 Å². The molecule has 0 saturated carbocycles. The van der Waals surface area contributed by atoms with E-state index in [0.29, 0.717) is 27.7 Å². The first-order chi connectivity index (χ1) is 28.5. The van der Waals surface area contributed by atoms with Gasteiger partial charge in [-0.1, -0.05) is 145 Å². The number of aromatic nitrogens is 4. The molecule has 10 rings (SSSR count). The Morgan fingerprint density at radius 1 is 0.480 bits per heavy atom. The highest BCUT2D eigenvalue weighted by molar-refractivity contribution is 6.14. The molecule has 0 spiro atoms. The van der Waals surface area contributed by atoms with Gasteiger partial charge in [0.1, 0.15) is 11.2 Å². The standard InChI is InChI=1S/C45H28N4O/c1-3-14-29(15-4-1)31-18-11-19-32(28-31)43-46-44(38-25-13-24-37-35-21-8-10-27-40(35)50-42(37)38)48-45(47-43)49-39-26-9-7-20-34(39)36-23-12-22-33(41(36)49)30-16-5-2-6-17-30/h1-28H/i2D,5D,6D,7D,9D,16D,17D,20D,26D. The molecule has 0 radical (unpaired) electrons. The van der Waals surface area contributed by atoms with E-state index < -0.39 is 42.3 Å². The van der Waals surface area contributed by atoms with Crippen LogP contribution in [0.3, 0.4) is 0 Å². The molecular weight excluding hydrogens is 613 g/mol. The van der Waals surface area contributed by atoms with E-state index in [-0.39, 0.29) is 57.2 Å². The zero-order valence-electron chi connectivity index (χ0n) is 35.2. The third-order valence-electron chi connectivity index (χ3n) is 8.89. The molecule has 10 aromatic rings. The molecule has 0 atom stereocenters. The number of fused-ring (bicyclic) bond motifs is 6. The van der Waals surface area contributed by atoms with Crippen LogP contribution in [0.5, 0.6) is 0 Å². The van der Waals surface area contributed by atoms with Gasteiger partial charge in [-0.05, 0) is 40.9 Å². The Morgan fingerprint density at radius 2 is 1.16 bits per heavy atom. The Hall–Kier alpha value is -6.85. The molecule has 5 heteroatoms. The van der Waals surface area contributed by atoms with Crippen molar-refractivity contribution in [2.75, 3.05) is 0 Å². The second-order valence-electron chi connectivity index (χ2n) is 11.8. The number of hydrogen-bond donors (Lipinski definition) is 0. The highest BCUT2D eigenvalue weighted by Crippen LogP contribution is 2.39. The minimum atomic E-state index is -0.555. The van der Waals surface area contributed by atoms with Crippen molar-refractivity contribution in [3.63, 3.8) is 0 Å². The summed E-state index contributed by atoms with van der Waals surface area (Å²) in [6.07, 6.45) is 0. The van der Waals surface area contributed by atoms with E-state index in [2.05, 4.69) is 0 Å². The summed E-state index contributed by atoms with van der Waals surface area (Å²) in [4.78, 5) is 15.1. The molecule has 50 heavy (non-hydrogen) atoms.